The first-order valence-corrected chi connectivity index (χ1v) is 14.8. The van der Waals surface area contributed by atoms with Crippen molar-refractivity contribution in [2.45, 2.75) is 79.0 Å². The maximum atomic E-state index is 13.7. The number of fused-ring (bicyclic) bond motifs is 2. The number of hydrogen-bond acceptors (Lipinski definition) is 5. The fourth-order valence-corrected chi connectivity index (χ4v) is 6.40. The Labute approximate surface area is 247 Å². The van der Waals surface area contributed by atoms with E-state index in [1.165, 1.54) is 5.56 Å². The van der Waals surface area contributed by atoms with Gasteiger partial charge in [0.1, 0.15) is 11.2 Å². The highest BCUT2D eigenvalue weighted by Gasteiger charge is 2.36. The predicted octanol–water partition coefficient (Wildman–Crippen LogP) is 6.82. The highest BCUT2D eigenvalue weighted by molar-refractivity contribution is 5.94. The summed E-state index contributed by atoms with van der Waals surface area (Å²) in [5.41, 5.74) is 9.35. The van der Waals surface area contributed by atoms with Crippen LogP contribution in [0.4, 0.5) is 4.79 Å². The van der Waals surface area contributed by atoms with E-state index in [-0.39, 0.29) is 18.0 Å². The summed E-state index contributed by atoms with van der Waals surface area (Å²) in [6.07, 6.45) is 6.09. The third-order valence-corrected chi connectivity index (χ3v) is 8.30. The second kappa shape index (κ2) is 10.6. The normalized spacial score (nSPS) is 17.0. The summed E-state index contributed by atoms with van der Waals surface area (Å²) >= 11 is 0. The SMILES string of the molecule is Cc1cc(C(=O)N2CCc3cc(-c4cnc5[nH]cc(C)c5c4)cc([C@@H]4CCCN4C(=O)OC(C)(C)C)c3C2)cc(C)n1. The molecule has 218 valence electrons. The molecule has 8 heteroatoms. The molecule has 1 aromatic carbocycles. The molecule has 1 atom stereocenters. The van der Waals surface area contributed by atoms with Crippen LogP contribution in [0.25, 0.3) is 22.2 Å². The fraction of sp³-hybridized carbons (Fsp3) is 0.412. The minimum Gasteiger partial charge on any atom is -0.444 e. The Morgan fingerprint density at radius 2 is 1.76 bits per heavy atom. The van der Waals surface area contributed by atoms with Crippen molar-refractivity contribution in [1.29, 1.82) is 0 Å². The van der Waals surface area contributed by atoms with Gasteiger partial charge < -0.3 is 19.5 Å². The Kier molecular flexibility index (Phi) is 7.03. The molecule has 0 radical (unpaired) electrons. The molecule has 2 aliphatic rings. The number of carbonyl (C=O) groups excluding carboxylic acids is 2. The van der Waals surface area contributed by atoms with E-state index in [1.807, 2.05) is 68.9 Å². The van der Waals surface area contributed by atoms with Crippen LogP contribution in [0.5, 0.6) is 0 Å². The summed E-state index contributed by atoms with van der Waals surface area (Å²) in [6, 6.07) is 10.3. The van der Waals surface area contributed by atoms with E-state index in [9.17, 15) is 9.59 Å². The summed E-state index contributed by atoms with van der Waals surface area (Å²) in [4.78, 5) is 43.2. The monoisotopic (exact) mass is 565 g/mol. The summed E-state index contributed by atoms with van der Waals surface area (Å²) < 4.78 is 5.83. The number of hydrogen-bond donors (Lipinski definition) is 1. The topological polar surface area (TPSA) is 91.4 Å². The van der Waals surface area contributed by atoms with Crippen LogP contribution in [-0.4, -0.2) is 55.4 Å². The second-order valence-electron chi connectivity index (χ2n) is 12.7. The largest absolute Gasteiger partial charge is 0.444 e. The van der Waals surface area contributed by atoms with Crippen molar-refractivity contribution < 1.29 is 14.3 Å². The first-order valence-electron chi connectivity index (χ1n) is 14.8. The molecule has 42 heavy (non-hydrogen) atoms. The molecule has 0 unspecified atom stereocenters. The van der Waals surface area contributed by atoms with Gasteiger partial charge in [-0.05, 0) is 113 Å². The number of likely N-dealkylation sites (tertiary alicyclic amines) is 1. The lowest BCUT2D eigenvalue weighted by Crippen LogP contribution is -2.39. The van der Waals surface area contributed by atoms with Gasteiger partial charge in [-0.15, -0.1) is 0 Å². The summed E-state index contributed by atoms with van der Waals surface area (Å²) in [6.45, 7) is 13.4. The first kappa shape index (κ1) is 27.9. The van der Waals surface area contributed by atoms with Crippen molar-refractivity contribution >= 4 is 23.0 Å². The molecule has 2 aliphatic heterocycles. The number of aryl methyl sites for hydroxylation is 3. The molecular formula is C34H39N5O3. The maximum Gasteiger partial charge on any atom is 0.410 e. The number of amides is 2. The zero-order chi connectivity index (χ0) is 29.8. The molecule has 3 aromatic heterocycles. The van der Waals surface area contributed by atoms with Gasteiger partial charge in [-0.25, -0.2) is 9.78 Å². The van der Waals surface area contributed by atoms with Crippen molar-refractivity contribution in [3.8, 4) is 11.1 Å². The number of aromatic amines is 1. The van der Waals surface area contributed by atoms with Crippen LogP contribution in [0.3, 0.4) is 0 Å². The first-order chi connectivity index (χ1) is 20.0. The molecule has 2 amide bonds. The van der Waals surface area contributed by atoms with Gasteiger partial charge >= 0.3 is 6.09 Å². The maximum absolute atomic E-state index is 13.7. The number of rotatable bonds is 3. The van der Waals surface area contributed by atoms with Crippen molar-refractivity contribution in [3.63, 3.8) is 0 Å². The minimum atomic E-state index is -0.578. The molecule has 6 rings (SSSR count). The molecule has 1 N–H and O–H groups in total. The molecule has 5 heterocycles. The van der Waals surface area contributed by atoms with E-state index < -0.39 is 5.60 Å². The van der Waals surface area contributed by atoms with E-state index in [4.69, 9.17) is 4.74 Å². The third kappa shape index (κ3) is 5.38. The van der Waals surface area contributed by atoms with Gasteiger partial charge in [0, 0.05) is 59.9 Å². The van der Waals surface area contributed by atoms with E-state index in [0.717, 1.165) is 69.5 Å². The highest BCUT2D eigenvalue weighted by atomic mass is 16.6. The van der Waals surface area contributed by atoms with Gasteiger partial charge in [0.05, 0.1) is 6.04 Å². The van der Waals surface area contributed by atoms with Crippen LogP contribution in [-0.2, 0) is 17.7 Å². The molecule has 0 aliphatic carbocycles. The Bertz CT molecular complexity index is 1680. The van der Waals surface area contributed by atoms with Gasteiger partial charge in [-0.2, -0.15) is 0 Å². The standard InChI is InChI=1S/C34H39N5O3/c1-20-17-35-31-27(20)16-26(18-36-31)24-14-23-9-11-38(32(40)25-12-21(2)37-22(3)13-25)19-29(23)28(15-24)30-8-7-10-39(30)33(41)42-34(4,5)6/h12-18,30H,7-11,19H2,1-6H3,(H,35,36)/t30-/m0/s1. The van der Waals surface area contributed by atoms with Gasteiger partial charge in [0.25, 0.3) is 5.91 Å². The minimum absolute atomic E-state index is 0.0114. The fourth-order valence-electron chi connectivity index (χ4n) is 6.40. The van der Waals surface area contributed by atoms with Crippen molar-refractivity contribution in [3.05, 3.63) is 81.9 Å². The number of aromatic nitrogens is 3. The lowest BCUT2D eigenvalue weighted by Gasteiger charge is -2.35. The van der Waals surface area contributed by atoms with Gasteiger partial charge in [-0.1, -0.05) is 6.07 Å². The van der Waals surface area contributed by atoms with Crippen molar-refractivity contribution in [1.82, 2.24) is 24.8 Å². The zero-order valence-electron chi connectivity index (χ0n) is 25.4. The summed E-state index contributed by atoms with van der Waals surface area (Å²) in [5.74, 6) is 0.0114. The summed E-state index contributed by atoms with van der Waals surface area (Å²) in [7, 11) is 0. The highest BCUT2D eigenvalue weighted by Crippen LogP contribution is 2.40. The van der Waals surface area contributed by atoms with Crippen LogP contribution in [0.15, 0.2) is 42.7 Å². The Morgan fingerprint density at radius 1 is 1.00 bits per heavy atom. The molecule has 4 aromatic rings. The van der Waals surface area contributed by atoms with Crippen LogP contribution in [0.2, 0.25) is 0 Å². The number of H-pyrrole nitrogens is 1. The number of pyridine rings is 2. The Hall–Kier alpha value is -4.20. The molecule has 0 bridgehead atoms. The quantitative estimate of drug-likeness (QED) is 0.294. The van der Waals surface area contributed by atoms with E-state index in [0.29, 0.717) is 25.2 Å². The molecule has 8 nitrogen and oxygen atoms in total. The van der Waals surface area contributed by atoms with Gasteiger partial charge in [0.15, 0.2) is 0 Å². The Balaban J connectivity index is 1.42. The number of ether oxygens (including phenoxy) is 1. The van der Waals surface area contributed by atoms with Crippen LogP contribution in [0, 0.1) is 20.8 Å². The van der Waals surface area contributed by atoms with Crippen LogP contribution < -0.4 is 0 Å². The van der Waals surface area contributed by atoms with Gasteiger partial charge in [-0.3, -0.25) is 9.78 Å². The molecule has 0 saturated carbocycles. The number of benzene rings is 1. The molecule has 1 fully saturated rings. The molecular weight excluding hydrogens is 526 g/mol. The number of carbonyl (C=O) groups is 2. The molecule has 1 saturated heterocycles. The lowest BCUT2D eigenvalue weighted by molar-refractivity contribution is 0.0222. The van der Waals surface area contributed by atoms with Crippen molar-refractivity contribution in [2.24, 2.45) is 0 Å². The molecule has 0 spiro atoms. The van der Waals surface area contributed by atoms with E-state index in [1.54, 1.807) is 0 Å². The zero-order valence-corrected chi connectivity index (χ0v) is 25.4. The van der Waals surface area contributed by atoms with Gasteiger partial charge in [0.2, 0.25) is 0 Å². The average Bonchev–Trinajstić information content (AvgIpc) is 3.57. The summed E-state index contributed by atoms with van der Waals surface area (Å²) in [5, 5.41) is 1.10. The number of nitrogens with one attached hydrogen (secondary N) is 1. The van der Waals surface area contributed by atoms with E-state index >= 15 is 0 Å². The van der Waals surface area contributed by atoms with Crippen LogP contribution >= 0.6 is 0 Å². The average molecular weight is 566 g/mol. The van der Waals surface area contributed by atoms with E-state index in [2.05, 4.69) is 40.1 Å². The van der Waals surface area contributed by atoms with Crippen molar-refractivity contribution in [2.75, 3.05) is 13.1 Å². The predicted molar refractivity (Wildman–Crippen MR) is 163 cm³/mol. The number of nitrogens with zero attached hydrogens (tertiary/aromatic N) is 4. The smallest absolute Gasteiger partial charge is 0.410 e. The Morgan fingerprint density at radius 3 is 2.50 bits per heavy atom. The second-order valence-corrected chi connectivity index (χ2v) is 12.7. The lowest BCUT2D eigenvalue weighted by atomic mass is 9.86. The van der Waals surface area contributed by atoms with Crippen LogP contribution in [0.1, 0.15) is 83.7 Å². The third-order valence-electron chi connectivity index (χ3n) is 8.30.